The lowest BCUT2D eigenvalue weighted by Gasteiger charge is -2.11. The van der Waals surface area contributed by atoms with Crippen LogP contribution in [0.15, 0.2) is 22.6 Å². The van der Waals surface area contributed by atoms with Crippen molar-refractivity contribution in [1.29, 1.82) is 0 Å². The first-order chi connectivity index (χ1) is 10.1. The number of alkyl halides is 3. The topological polar surface area (TPSA) is 81.4 Å². The number of aromatic nitrogens is 1. The van der Waals surface area contributed by atoms with Crippen LogP contribution < -0.4 is 4.72 Å². The van der Waals surface area contributed by atoms with Crippen molar-refractivity contribution in [3.05, 3.63) is 24.1 Å². The fourth-order valence-electron chi connectivity index (χ4n) is 1.71. The Morgan fingerprint density at radius 1 is 1.41 bits per heavy atom. The van der Waals surface area contributed by atoms with E-state index in [0.29, 0.717) is 0 Å². The molecule has 22 heavy (non-hydrogen) atoms. The van der Waals surface area contributed by atoms with Gasteiger partial charge in [0.05, 0.1) is 17.5 Å². The van der Waals surface area contributed by atoms with Gasteiger partial charge in [-0.3, -0.25) is 4.72 Å². The number of benzene rings is 1. The normalized spacial score (nSPS) is 14.2. The predicted molar refractivity (Wildman–Crippen MR) is 72.9 cm³/mol. The third-order valence-corrected chi connectivity index (χ3v) is 4.21. The van der Waals surface area contributed by atoms with Crippen molar-refractivity contribution in [2.75, 3.05) is 17.6 Å². The zero-order valence-electron chi connectivity index (χ0n) is 11.6. The van der Waals surface area contributed by atoms with Gasteiger partial charge in [-0.15, -0.1) is 0 Å². The minimum Gasteiger partial charge on any atom is -0.433 e. The maximum absolute atomic E-state index is 12.5. The number of ether oxygens (including phenoxy) is 1. The largest absolute Gasteiger partial charge is 0.468 e. The molecule has 0 aliphatic rings. The summed E-state index contributed by atoms with van der Waals surface area (Å²) in [4.78, 5) is 3.30. The van der Waals surface area contributed by atoms with Gasteiger partial charge in [-0.25, -0.2) is 13.4 Å². The molecular formula is C12H13F3N2O4S. The molecule has 1 aromatic carbocycles. The Morgan fingerprint density at radius 3 is 2.68 bits per heavy atom. The van der Waals surface area contributed by atoms with Crippen molar-refractivity contribution < 1.29 is 30.7 Å². The summed E-state index contributed by atoms with van der Waals surface area (Å²) < 4.78 is 72.9. The van der Waals surface area contributed by atoms with E-state index in [1.165, 1.54) is 25.3 Å². The molecule has 0 saturated heterocycles. The summed E-state index contributed by atoms with van der Waals surface area (Å²) in [5.41, 5.74) is -0.0781. The monoisotopic (exact) mass is 338 g/mol. The number of fused-ring (bicyclic) bond motifs is 1. The maximum Gasteiger partial charge on any atom is 0.468 e. The summed E-state index contributed by atoms with van der Waals surface area (Å²) >= 11 is 0. The quantitative estimate of drug-likeness (QED) is 0.906. The van der Waals surface area contributed by atoms with Crippen LogP contribution in [0, 0.1) is 0 Å². The van der Waals surface area contributed by atoms with Crippen LogP contribution in [0.4, 0.5) is 18.9 Å². The molecule has 2 aromatic rings. The first-order valence-corrected chi connectivity index (χ1v) is 7.77. The number of nitrogens with zero attached hydrogens (tertiary/aromatic N) is 1. The molecule has 10 heteroatoms. The number of hydrogen-bond acceptors (Lipinski definition) is 5. The fraction of sp³-hybridized carbons (Fsp3) is 0.417. The van der Waals surface area contributed by atoms with Crippen LogP contribution >= 0.6 is 0 Å². The standard InChI is InChI=1S/C12H13F3N2O4S/c1-7(20-2)6-22(18,19)17-8-3-4-10-9(5-8)16-11(21-10)12(13,14)15/h3-5,7,17H,6H2,1-2H3/t7-/m0/s1. The Hall–Kier alpha value is -1.81. The summed E-state index contributed by atoms with van der Waals surface area (Å²) in [6.45, 7) is 1.58. The van der Waals surface area contributed by atoms with E-state index in [-0.39, 0.29) is 22.5 Å². The average Bonchev–Trinajstić information content (AvgIpc) is 2.80. The van der Waals surface area contributed by atoms with Crippen LogP contribution in [0.2, 0.25) is 0 Å². The lowest BCUT2D eigenvalue weighted by Crippen LogP contribution is -2.25. The van der Waals surface area contributed by atoms with Gasteiger partial charge in [-0.2, -0.15) is 13.2 Å². The fourth-order valence-corrected chi connectivity index (χ4v) is 3.03. The van der Waals surface area contributed by atoms with Crippen molar-refractivity contribution >= 4 is 26.8 Å². The first-order valence-electron chi connectivity index (χ1n) is 6.12. The predicted octanol–water partition coefficient (Wildman–Crippen LogP) is 2.62. The molecule has 6 nitrogen and oxygen atoms in total. The molecule has 0 radical (unpaired) electrons. The van der Waals surface area contributed by atoms with Gasteiger partial charge in [0.1, 0.15) is 5.52 Å². The molecule has 0 aliphatic carbocycles. The van der Waals surface area contributed by atoms with E-state index in [0.717, 1.165) is 0 Å². The number of hydrogen-bond donors (Lipinski definition) is 1. The average molecular weight is 338 g/mol. The van der Waals surface area contributed by atoms with Gasteiger partial charge >= 0.3 is 12.1 Å². The number of nitrogens with one attached hydrogen (secondary N) is 1. The number of oxazole rings is 1. The summed E-state index contributed by atoms with van der Waals surface area (Å²) in [7, 11) is -2.32. The van der Waals surface area contributed by atoms with E-state index >= 15 is 0 Å². The van der Waals surface area contributed by atoms with Gasteiger partial charge in [0, 0.05) is 7.11 Å². The highest BCUT2D eigenvalue weighted by molar-refractivity contribution is 7.92. The maximum atomic E-state index is 12.5. The van der Waals surface area contributed by atoms with Crippen LogP contribution in [0.3, 0.4) is 0 Å². The molecule has 0 unspecified atom stereocenters. The Labute approximate surface area is 124 Å². The highest BCUT2D eigenvalue weighted by atomic mass is 32.2. The minimum atomic E-state index is -4.70. The number of rotatable bonds is 5. The molecule has 122 valence electrons. The molecule has 0 fully saturated rings. The third kappa shape index (κ3) is 3.89. The number of halogens is 3. The van der Waals surface area contributed by atoms with E-state index in [1.807, 2.05) is 0 Å². The summed E-state index contributed by atoms with van der Waals surface area (Å²) in [5, 5.41) is 0. The van der Waals surface area contributed by atoms with Crippen molar-refractivity contribution in [2.45, 2.75) is 19.2 Å². The Kier molecular flexibility index (Phi) is 4.34. The van der Waals surface area contributed by atoms with Crippen LogP contribution in [-0.2, 0) is 20.9 Å². The second kappa shape index (κ2) is 5.76. The van der Waals surface area contributed by atoms with Crippen LogP contribution in [0.5, 0.6) is 0 Å². The zero-order chi connectivity index (χ0) is 16.5. The van der Waals surface area contributed by atoms with E-state index in [2.05, 4.69) is 14.1 Å². The van der Waals surface area contributed by atoms with Gasteiger partial charge in [-0.1, -0.05) is 0 Å². The molecule has 1 atom stereocenters. The smallest absolute Gasteiger partial charge is 0.433 e. The molecule has 1 N–H and O–H groups in total. The van der Waals surface area contributed by atoms with E-state index in [9.17, 15) is 21.6 Å². The molecular weight excluding hydrogens is 325 g/mol. The third-order valence-electron chi connectivity index (χ3n) is 2.76. The molecule has 0 spiro atoms. The van der Waals surface area contributed by atoms with Crippen LogP contribution in [0.1, 0.15) is 12.8 Å². The number of sulfonamides is 1. The SMILES string of the molecule is CO[C@@H](C)CS(=O)(=O)Nc1ccc2oc(C(F)(F)F)nc2c1. The van der Waals surface area contributed by atoms with Crippen molar-refractivity contribution in [3.63, 3.8) is 0 Å². The highest BCUT2D eigenvalue weighted by Crippen LogP contribution is 2.31. The Morgan fingerprint density at radius 2 is 2.09 bits per heavy atom. The minimum absolute atomic E-state index is 0.0828. The van der Waals surface area contributed by atoms with E-state index in [1.54, 1.807) is 6.92 Å². The lowest BCUT2D eigenvalue weighted by molar-refractivity contribution is -0.156. The second-order valence-electron chi connectivity index (χ2n) is 4.63. The summed E-state index contributed by atoms with van der Waals surface area (Å²) in [6, 6.07) is 3.68. The van der Waals surface area contributed by atoms with E-state index in [4.69, 9.17) is 4.74 Å². The first kappa shape index (κ1) is 16.6. The number of methoxy groups -OCH3 is 1. The van der Waals surface area contributed by atoms with Gasteiger partial charge in [0.2, 0.25) is 10.0 Å². The van der Waals surface area contributed by atoms with Crippen molar-refractivity contribution in [3.8, 4) is 0 Å². The lowest BCUT2D eigenvalue weighted by atomic mass is 10.3. The molecule has 0 amide bonds. The van der Waals surface area contributed by atoms with Gasteiger partial charge in [0.25, 0.3) is 0 Å². The second-order valence-corrected chi connectivity index (χ2v) is 6.40. The summed E-state index contributed by atoms with van der Waals surface area (Å²) in [5.74, 6) is -1.66. The molecule has 0 aliphatic heterocycles. The van der Waals surface area contributed by atoms with Gasteiger partial charge < -0.3 is 9.15 Å². The Bertz CT molecular complexity index is 770. The van der Waals surface area contributed by atoms with Crippen LogP contribution in [-0.4, -0.2) is 32.4 Å². The zero-order valence-corrected chi connectivity index (χ0v) is 12.5. The number of anilines is 1. The highest BCUT2D eigenvalue weighted by Gasteiger charge is 2.37. The molecule has 0 saturated carbocycles. The van der Waals surface area contributed by atoms with Crippen molar-refractivity contribution in [2.24, 2.45) is 0 Å². The van der Waals surface area contributed by atoms with Gasteiger partial charge in [-0.05, 0) is 25.1 Å². The van der Waals surface area contributed by atoms with Crippen LogP contribution in [0.25, 0.3) is 11.1 Å². The molecule has 1 aromatic heterocycles. The molecule has 0 bridgehead atoms. The van der Waals surface area contributed by atoms with E-state index < -0.39 is 28.2 Å². The Balaban J connectivity index is 2.26. The summed E-state index contributed by atoms with van der Waals surface area (Å²) in [6.07, 6.45) is -5.22. The molecule has 1 heterocycles. The molecule has 2 rings (SSSR count). The van der Waals surface area contributed by atoms with Gasteiger partial charge in [0.15, 0.2) is 5.58 Å². The van der Waals surface area contributed by atoms with Crippen molar-refractivity contribution in [1.82, 2.24) is 4.98 Å².